The molecule has 3 N–H and O–H groups in total. The van der Waals surface area contributed by atoms with Crippen molar-refractivity contribution >= 4 is 44.8 Å². The van der Waals surface area contributed by atoms with Gasteiger partial charge in [0.25, 0.3) is 0 Å². The van der Waals surface area contributed by atoms with Crippen molar-refractivity contribution in [1.82, 2.24) is 0 Å². The van der Waals surface area contributed by atoms with Crippen LogP contribution in [0.15, 0.2) is 54.6 Å². The molecule has 0 radical (unpaired) electrons. The number of fused-ring (bicyclic) bond motifs is 3. The highest BCUT2D eigenvalue weighted by atomic mass is 79.9. The van der Waals surface area contributed by atoms with E-state index in [0.717, 1.165) is 43.2 Å². The number of nitrogen functional groups attached to an aromatic ring is 1. The summed E-state index contributed by atoms with van der Waals surface area (Å²) in [5.74, 6) is 0.0361. The summed E-state index contributed by atoms with van der Waals surface area (Å²) in [5, 5.41) is 3.32. The molecule has 6 rings (SSSR count). The number of benzene rings is 3. The molecule has 3 aromatic rings. The monoisotopic (exact) mass is 600 g/mol. The molecule has 0 aromatic heterocycles. The van der Waals surface area contributed by atoms with E-state index in [-0.39, 0.29) is 40.0 Å². The standard InChI is InChI=1S/C33H33BrN2O4/c1-18-6-8-19(9-7-18)17-36-27-16-26(33(39)40-23-13-11-20-14-22(34)12-10-21(20)15-23)30(35)29-28(27)31(37)24-4-2-3-5-25(24)32(29)38/h2-9,16,20-23,36H,10-15,17,35H2,1H3/t20-,21?,22?,23-/m1/s1. The van der Waals surface area contributed by atoms with E-state index in [1.807, 2.05) is 31.2 Å². The van der Waals surface area contributed by atoms with Crippen LogP contribution in [0.1, 0.15) is 91.9 Å². The fraction of sp³-hybridized carbons (Fsp3) is 0.364. The normalized spacial score (nSPS) is 23.6. The zero-order chi connectivity index (χ0) is 28.0. The van der Waals surface area contributed by atoms with Crippen molar-refractivity contribution in [2.75, 3.05) is 11.1 Å². The van der Waals surface area contributed by atoms with E-state index in [1.165, 1.54) is 6.42 Å². The van der Waals surface area contributed by atoms with Gasteiger partial charge < -0.3 is 15.8 Å². The van der Waals surface area contributed by atoms with Crippen LogP contribution < -0.4 is 11.1 Å². The van der Waals surface area contributed by atoms with Gasteiger partial charge in [-0.3, -0.25) is 9.59 Å². The molecule has 6 nitrogen and oxygen atoms in total. The molecule has 7 heteroatoms. The highest BCUT2D eigenvalue weighted by Gasteiger charge is 2.38. The summed E-state index contributed by atoms with van der Waals surface area (Å²) < 4.78 is 6.03. The first-order valence-corrected chi connectivity index (χ1v) is 15.0. The lowest BCUT2D eigenvalue weighted by atomic mass is 9.70. The molecule has 0 aliphatic heterocycles. The predicted octanol–water partition coefficient (Wildman–Crippen LogP) is 6.85. The van der Waals surface area contributed by atoms with Crippen molar-refractivity contribution in [1.29, 1.82) is 0 Å². The smallest absolute Gasteiger partial charge is 0.340 e. The fourth-order valence-corrected chi connectivity index (χ4v) is 7.39. The predicted molar refractivity (Wildman–Crippen MR) is 159 cm³/mol. The van der Waals surface area contributed by atoms with Crippen molar-refractivity contribution < 1.29 is 19.1 Å². The van der Waals surface area contributed by atoms with Crippen molar-refractivity contribution in [3.63, 3.8) is 0 Å². The van der Waals surface area contributed by atoms with E-state index in [2.05, 4.69) is 21.2 Å². The van der Waals surface area contributed by atoms with Gasteiger partial charge >= 0.3 is 5.97 Å². The maximum Gasteiger partial charge on any atom is 0.340 e. The van der Waals surface area contributed by atoms with Gasteiger partial charge in [-0.25, -0.2) is 4.79 Å². The summed E-state index contributed by atoms with van der Waals surface area (Å²) in [4.78, 5) is 41.5. The molecule has 3 aromatic carbocycles. The Labute approximate surface area is 242 Å². The maximum atomic E-state index is 13.7. The van der Waals surface area contributed by atoms with E-state index in [1.54, 1.807) is 30.3 Å². The summed E-state index contributed by atoms with van der Waals surface area (Å²) in [7, 11) is 0. The zero-order valence-electron chi connectivity index (χ0n) is 22.5. The lowest BCUT2D eigenvalue weighted by Gasteiger charge is -2.40. The molecule has 2 fully saturated rings. The number of carbonyl (C=O) groups is 3. The van der Waals surface area contributed by atoms with Crippen molar-refractivity contribution in [2.45, 2.75) is 62.9 Å². The third-order valence-corrected chi connectivity index (χ3v) is 9.67. The van der Waals surface area contributed by atoms with E-state index in [0.29, 0.717) is 40.0 Å². The van der Waals surface area contributed by atoms with Crippen molar-refractivity contribution in [3.8, 4) is 0 Å². The minimum absolute atomic E-state index is 0.00206. The Bertz CT molecular complexity index is 1500. The average Bonchev–Trinajstić information content (AvgIpc) is 2.96. The van der Waals surface area contributed by atoms with Crippen LogP contribution in [-0.2, 0) is 11.3 Å². The van der Waals surface area contributed by atoms with Crippen LogP contribution in [0.2, 0.25) is 0 Å². The molecule has 2 saturated carbocycles. The molecule has 0 amide bonds. The molecule has 3 aliphatic carbocycles. The lowest BCUT2D eigenvalue weighted by Crippen LogP contribution is -2.35. The van der Waals surface area contributed by atoms with Gasteiger partial charge in [0.1, 0.15) is 6.10 Å². The van der Waals surface area contributed by atoms with Gasteiger partial charge in [0.05, 0.1) is 22.4 Å². The van der Waals surface area contributed by atoms with E-state index >= 15 is 0 Å². The van der Waals surface area contributed by atoms with E-state index in [4.69, 9.17) is 10.5 Å². The molecule has 40 heavy (non-hydrogen) atoms. The van der Waals surface area contributed by atoms with Crippen LogP contribution in [-0.4, -0.2) is 28.5 Å². The van der Waals surface area contributed by atoms with Gasteiger partial charge in [-0.15, -0.1) is 0 Å². The zero-order valence-corrected chi connectivity index (χ0v) is 24.1. The van der Waals surface area contributed by atoms with Crippen LogP contribution in [0.3, 0.4) is 0 Å². The number of hydrogen-bond acceptors (Lipinski definition) is 6. The maximum absolute atomic E-state index is 13.7. The quantitative estimate of drug-likeness (QED) is 0.148. The number of rotatable bonds is 5. The van der Waals surface area contributed by atoms with Gasteiger partial charge in [0, 0.05) is 28.2 Å². The minimum atomic E-state index is -0.546. The Kier molecular flexibility index (Phi) is 7.26. The number of ether oxygens (including phenoxy) is 1. The van der Waals surface area contributed by atoms with Crippen LogP contribution in [0.5, 0.6) is 0 Å². The number of carbonyl (C=O) groups excluding carboxylic acids is 3. The Morgan fingerprint density at radius 2 is 1.57 bits per heavy atom. The number of aryl methyl sites for hydroxylation is 1. The molecule has 4 atom stereocenters. The highest BCUT2D eigenvalue weighted by molar-refractivity contribution is 9.09. The molecule has 0 saturated heterocycles. The van der Waals surface area contributed by atoms with E-state index < -0.39 is 5.97 Å². The summed E-state index contributed by atoms with van der Waals surface area (Å²) in [6, 6.07) is 16.4. The number of nitrogens with one attached hydrogen (secondary N) is 1. The summed E-state index contributed by atoms with van der Waals surface area (Å²) in [6.07, 6.45) is 5.99. The second kappa shape index (κ2) is 10.8. The SMILES string of the molecule is Cc1ccc(CNc2cc(C(=O)O[C@@H]3CC[C@@H]4CC(Br)CCC4C3)c(N)c3c2C(=O)c2ccccc2C3=O)cc1. The Balaban J connectivity index is 1.33. The second-order valence-corrected chi connectivity index (χ2v) is 12.7. The minimum Gasteiger partial charge on any atom is -0.459 e. The third-order valence-electron chi connectivity index (χ3n) is 8.84. The Morgan fingerprint density at radius 1 is 0.925 bits per heavy atom. The average molecular weight is 602 g/mol. The highest BCUT2D eigenvalue weighted by Crippen LogP contribution is 2.44. The third kappa shape index (κ3) is 4.96. The number of halogens is 1. The number of hydrogen-bond donors (Lipinski definition) is 2. The molecule has 0 bridgehead atoms. The van der Waals surface area contributed by atoms with E-state index in [9.17, 15) is 14.4 Å². The Morgan fingerprint density at radius 3 is 2.30 bits per heavy atom. The second-order valence-electron chi connectivity index (χ2n) is 11.4. The molecule has 0 spiro atoms. The van der Waals surface area contributed by atoms with Crippen LogP contribution >= 0.6 is 15.9 Å². The number of anilines is 2. The van der Waals surface area contributed by atoms with Gasteiger partial charge in [0.2, 0.25) is 0 Å². The molecule has 0 heterocycles. The first kappa shape index (κ1) is 26.8. The first-order chi connectivity index (χ1) is 19.3. The number of alkyl halides is 1. The van der Waals surface area contributed by atoms with Gasteiger partial charge in [-0.05, 0) is 68.9 Å². The summed E-state index contributed by atoms with van der Waals surface area (Å²) >= 11 is 3.77. The topological polar surface area (TPSA) is 98.5 Å². The van der Waals surface area contributed by atoms with Crippen molar-refractivity contribution in [3.05, 3.63) is 93.5 Å². The number of nitrogens with two attached hydrogens (primary N) is 1. The lowest BCUT2D eigenvalue weighted by molar-refractivity contribution is -0.000259. The molecule has 3 aliphatic rings. The summed E-state index contributed by atoms with van der Waals surface area (Å²) in [6.45, 7) is 2.43. The van der Waals surface area contributed by atoms with Crippen molar-refractivity contribution in [2.24, 2.45) is 11.8 Å². The first-order valence-electron chi connectivity index (χ1n) is 14.1. The van der Waals surface area contributed by atoms with Gasteiger partial charge in [-0.1, -0.05) is 70.0 Å². The largest absolute Gasteiger partial charge is 0.459 e. The molecule has 2 unspecified atom stereocenters. The van der Waals surface area contributed by atoms with Crippen LogP contribution in [0.25, 0.3) is 0 Å². The van der Waals surface area contributed by atoms with Crippen LogP contribution in [0.4, 0.5) is 11.4 Å². The molecule has 206 valence electrons. The van der Waals surface area contributed by atoms with Gasteiger partial charge in [-0.2, -0.15) is 0 Å². The fourth-order valence-electron chi connectivity index (χ4n) is 6.64. The summed E-state index contributed by atoms with van der Waals surface area (Å²) in [5.41, 5.74) is 10.1. The number of ketones is 2. The van der Waals surface area contributed by atoms with Gasteiger partial charge in [0.15, 0.2) is 11.6 Å². The Hall–Kier alpha value is -3.45. The molecular weight excluding hydrogens is 568 g/mol. The molecular formula is C33H33BrN2O4. The number of esters is 1. The van der Waals surface area contributed by atoms with Crippen LogP contribution in [0, 0.1) is 18.8 Å².